The second-order valence-electron chi connectivity index (χ2n) is 15.1. The second-order valence-corrected chi connectivity index (χ2v) is 15.1. The highest BCUT2D eigenvalue weighted by Gasteiger charge is 2.49. The molecule has 2 aromatic carbocycles. The van der Waals surface area contributed by atoms with Gasteiger partial charge in [-0.3, -0.25) is 14.6 Å². The number of benzene rings is 2. The summed E-state index contributed by atoms with van der Waals surface area (Å²) >= 11 is 0. The van der Waals surface area contributed by atoms with E-state index in [0.717, 1.165) is 63.9 Å². The van der Waals surface area contributed by atoms with E-state index in [-0.39, 0.29) is 24.7 Å². The zero-order chi connectivity index (χ0) is 35.1. The molecule has 7 heteroatoms. The van der Waals surface area contributed by atoms with Gasteiger partial charge in [-0.05, 0) is 108 Å². The number of aliphatic carboxylic acids is 1. The van der Waals surface area contributed by atoms with Crippen LogP contribution in [-0.2, 0) is 9.59 Å². The summed E-state index contributed by atoms with van der Waals surface area (Å²) in [5.41, 5.74) is 6.50. The molecule has 0 spiro atoms. The van der Waals surface area contributed by atoms with Crippen molar-refractivity contribution < 1.29 is 23.5 Å². The molecule has 1 heterocycles. The van der Waals surface area contributed by atoms with Gasteiger partial charge in [-0.15, -0.1) is 0 Å². The second kappa shape index (κ2) is 16.7. The Morgan fingerprint density at radius 1 is 0.796 bits per heavy atom. The van der Waals surface area contributed by atoms with Crippen LogP contribution in [0.15, 0.2) is 71.8 Å². The molecule has 3 unspecified atom stereocenters. The number of aryl methyl sites for hydroxylation is 2. The highest BCUT2D eigenvalue weighted by Crippen LogP contribution is 2.44. The lowest BCUT2D eigenvalue weighted by Crippen LogP contribution is -2.57. The first-order chi connectivity index (χ1) is 23.4. The molecular weight excluding hydrogens is 618 g/mol. The fourth-order valence-corrected chi connectivity index (χ4v) is 8.25. The number of nitrogens with zero attached hydrogens (tertiary/aromatic N) is 2. The van der Waals surface area contributed by atoms with Crippen molar-refractivity contribution in [2.24, 2.45) is 5.92 Å². The minimum absolute atomic E-state index is 0.0108. The van der Waals surface area contributed by atoms with Crippen molar-refractivity contribution in [1.29, 1.82) is 0 Å². The predicted molar refractivity (Wildman–Crippen MR) is 193 cm³/mol. The van der Waals surface area contributed by atoms with Gasteiger partial charge in [0.15, 0.2) is 5.78 Å². The Bertz CT molecular complexity index is 1470. The van der Waals surface area contributed by atoms with E-state index in [4.69, 9.17) is 5.11 Å². The molecular formula is C42H56F2N2O3. The number of hydrogen-bond donors (Lipinski definition) is 1. The summed E-state index contributed by atoms with van der Waals surface area (Å²) in [4.78, 5) is 28.6. The number of alkyl halides is 2. The number of hydrogen-bond acceptors (Lipinski definition) is 4. The molecule has 5 nitrogen and oxygen atoms in total. The van der Waals surface area contributed by atoms with Crippen LogP contribution in [0.5, 0.6) is 0 Å². The van der Waals surface area contributed by atoms with E-state index in [1.165, 1.54) is 22.3 Å². The van der Waals surface area contributed by atoms with E-state index < -0.39 is 17.8 Å². The van der Waals surface area contributed by atoms with E-state index in [1.54, 1.807) is 0 Å². The van der Waals surface area contributed by atoms with Gasteiger partial charge in [0.25, 0.3) is 5.92 Å². The molecule has 2 aromatic rings. The molecule has 266 valence electrons. The lowest BCUT2D eigenvalue weighted by atomic mass is 9.75. The van der Waals surface area contributed by atoms with Crippen LogP contribution in [0.2, 0.25) is 0 Å². The normalized spacial score (nSPS) is 26.3. The monoisotopic (exact) mass is 674 g/mol. The zero-order valence-corrected chi connectivity index (χ0v) is 30.0. The first-order valence-corrected chi connectivity index (χ1v) is 18.5. The number of carbonyl (C=O) groups excluding carboxylic acids is 1. The van der Waals surface area contributed by atoms with Gasteiger partial charge < -0.3 is 5.11 Å². The molecule has 0 radical (unpaired) electrons. The quantitative estimate of drug-likeness (QED) is 0.303. The lowest BCUT2D eigenvalue weighted by Gasteiger charge is -2.47. The molecule has 1 aliphatic heterocycles. The van der Waals surface area contributed by atoms with Gasteiger partial charge in [-0.2, -0.15) is 0 Å². The number of carboxylic acids is 1. The summed E-state index contributed by atoms with van der Waals surface area (Å²) in [5.74, 6) is -3.52. The topological polar surface area (TPSA) is 60.9 Å². The average molecular weight is 675 g/mol. The maximum Gasteiger partial charge on any atom is 0.331 e. The average Bonchev–Trinajstić information content (AvgIpc) is 3.10. The van der Waals surface area contributed by atoms with E-state index in [9.17, 15) is 9.59 Å². The summed E-state index contributed by atoms with van der Waals surface area (Å²) in [6, 6.07) is 17.4. The Hall–Kier alpha value is -3.16. The maximum absolute atomic E-state index is 15.1. The molecule has 4 atom stereocenters. The van der Waals surface area contributed by atoms with Gasteiger partial charge in [-0.25, -0.2) is 13.6 Å². The smallest absolute Gasteiger partial charge is 0.331 e. The summed E-state index contributed by atoms with van der Waals surface area (Å²) in [6.45, 7) is 12.0. The lowest BCUT2D eigenvalue weighted by molar-refractivity contribution is -0.139. The standard InChI is InChI=1S/C28H40F2N2O.C14H16O2/c1-20(2)31-15-17-32(18-16-31)26-5-4-14-28(29,30)25(26)19-27(33)24-12-10-23(11-13-24)22-8-6-21(3)7-9-22;1-10-2-4-11(5-3-10)12-6-8-13(9-7-12)14(15)16/h6-9,12,20,23,25-26H,4-5,10-11,13-19H2,1-3H3;2-5,8,12H,6-7,9H2,1H3,(H,15,16)/t23?,25-,26?;/m1./s1. The zero-order valence-electron chi connectivity index (χ0n) is 30.0. The number of allylic oxidation sites excluding steroid dienone is 3. The Balaban J connectivity index is 0.000000244. The van der Waals surface area contributed by atoms with Crippen molar-refractivity contribution in [2.45, 2.75) is 122 Å². The van der Waals surface area contributed by atoms with Crippen LogP contribution in [0.25, 0.3) is 0 Å². The molecule has 49 heavy (non-hydrogen) atoms. The first kappa shape index (κ1) is 37.1. The van der Waals surface area contributed by atoms with Gasteiger partial charge in [-0.1, -0.05) is 71.8 Å². The van der Waals surface area contributed by atoms with Crippen LogP contribution < -0.4 is 0 Å². The van der Waals surface area contributed by atoms with E-state index in [1.807, 2.05) is 12.2 Å². The number of carbonyl (C=O) groups is 2. The SMILES string of the molecule is Cc1ccc(C2CC=C(C(=O)C[C@@H]3C(N4CCN(C(C)C)CC4)CCCC3(F)F)CC2)cc1.Cc1ccc(C2CC=C(C(=O)O)CC2)cc1. The van der Waals surface area contributed by atoms with Gasteiger partial charge in [0, 0.05) is 62.6 Å². The first-order valence-electron chi connectivity index (χ1n) is 18.5. The van der Waals surface area contributed by atoms with E-state index in [2.05, 4.69) is 86.0 Å². The summed E-state index contributed by atoms with van der Waals surface area (Å²) in [5, 5.41) is 8.86. The van der Waals surface area contributed by atoms with Crippen LogP contribution in [0.3, 0.4) is 0 Å². The fourth-order valence-electron chi connectivity index (χ4n) is 8.25. The molecule has 2 fully saturated rings. The highest BCUT2D eigenvalue weighted by atomic mass is 19.3. The van der Waals surface area contributed by atoms with Crippen molar-refractivity contribution in [3.63, 3.8) is 0 Å². The van der Waals surface area contributed by atoms with E-state index in [0.29, 0.717) is 42.7 Å². The molecule has 1 saturated heterocycles. The molecule has 6 rings (SSSR count). The largest absolute Gasteiger partial charge is 0.478 e. The molecule has 0 aromatic heterocycles. The van der Waals surface area contributed by atoms with Crippen molar-refractivity contribution in [1.82, 2.24) is 9.80 Å². The minimum atomic E-state index is -2.76. The number of piperazine rings is 1. The van der Waals surface area contributed by atoms with Crippen molar-refractivity contribution in [2.75, 3.05) is 26.2 Å². The Labute approximate surface area is 292 Å². The predicted octanol–water partition coefficient (Wildman–Crippen LogP) is 9.25. The third-order valence-corrected chi connectivity index (χ3v) is 11.5. The fraction of sp³-hybridized carbons (Fsp3) is 0.571. The summed E-state index contributed by atoms with van der Waals surface area (Å²) in [7, 11) is 0. The Morgan fingerprint density at radius 2 is 1.31 bits per heavy atom. The highest BCUT2D eigenvalue weighted by molar-refractivity contribution is 5.95. The van der Waals surface area contributed by atoms with Crippen LogP contribution >= 0.6 is 0 Å². The van der Waals surface area contributed by atoms with Crippen molar-refractivity contribution in [3.05, 3.63) is 94.1 Å². The van der Waals surface area contributed by atoms with E-state index >= 15 is 8.78 Å². The van der Waals surface area contributed by atoms with Crippen LogP contribution in [-0.4, -0.2) is 70.8 Å². The third-order valence-electron chi connectivity index (χ3n) is 11.5. The molecule has 0 amide bonds. The van der Waals surface area contributed by atoms with Gasteiger partial charge in [0.1, 0.15) is 0 Å². The summed E-state index contributed by atoms with van der Waals surface area (Å²) in [6.07, 6.45) is 10.1. The van der Waals surface area contributed by atoms with Crippen molar-refractivity contribution >= 4 is 11.8 Å². The number of ketones is 1. The van der Waals surface area contributed by atoms with Gasteiger partial charge in [0.05, 0.1) is 0 Å². The van der Waals surface area contributed by atoms with Crippen LogP contribution in [0.1, 0.15) is 112 Å². The van der Waals surface area contributed by atoms with Crippen LogP contribution in [0, 0.1) is 19.8 Å². The number of carboxylic acid groups (broad SMARTS) is 1. The third kappa shape index (κ3) is 9.76. The van der Waals surface area contributed by atoms with Crippen molar-refractivity contribution in [3.8, 4) is 0 Å². The van der Waals surface area contributed by atoms with Crippen LogP contribution in [0.4, 0.5) is 8.78 Å². The molecule has 4 aliphatic rings. The Kier molecular flexibility index (Phi) is 12.6. The number of Topliss-reactive ketones (excluding diaryl/α,β-unsaturated/α-hetero) is 1. The number of halogens is 2. The maximum atomic E-state index is 15.1. The minimum Gasteiger partial charge on any atom is -0.478 e. The van der Waals surface area contributed by atoms with Gasteiger partial charge >= 0.3 is 5.97 Å². The van der Waals surface area contributed by atoms with Gasteiger partial charge in [0.2, 0.25) is 0 Å². The summed E-state index contributed by atoms with van der Waals surface area (Å²) < 4.78 is 30.2. The molecule has 0 bridgehead atoms. The Morgan fingerprint density at radius 3 is 1.76 bits per heavy atom. The molecule has 1 saturated carbocycles. The molecule has 3 aliphatic carbocycles. The molecule has 1 N–H and O–H groups in total. The number of rotatable bonds is 8.